The van der Waals surface area contributed by atoms with E-state index in [1.807, 2.05) is 0 Å². The van der Waals surface area contributed by atoms with Gasteiger partial charge in [-0.3, -0.25) is 4.79 Å². The Morgan fingerprint density at radius 3 is 2.75 bits per heavy atom. The molecule has 0 aromatic carbocycles. The first-order valence-electron chi connectivity index (χ1n) is 6.19. The van der Waals surface area contributed by atoms with Gasteiger partial charge in [0.15, 0.2) is 0 Å². The molecule has 94 valence electrons. The minimum absolute atomic E-state index is 0.101. The van der Waals surface area contributed by atoms with Crippen molar-refractivity contribution in [3.63, 3.8) is 0 Å². The molecule has 4 heteroatoms. The summed E-state index contributed by atoms with van der Waals surface area (Å²) in [5.74, 6) is 0.101. The first-order valence-corrected chi connectivity index (χ1v) is 6.19. The van der Waals surface area contributed by atoms with Crippen molar-refractivity contribution in [1.29, 1.82) is 0 Å². The van der Waals surface area contributed by atoms with Gasteiger partial charge in [-0.2, -0.15) is 0 Å². The Morgan fingerprint density at radius 1 is 1.44 bits per heavy atom. The standard InChI is InChI=1S/C12H24N2O2/c1-3-7-14-11(15)9-13-10-12(4-5-12)6-8-16-2/h13H,3-10H2,1-2H3,(H,14,15). The van der Waals surface area contributed by atoms with Gasteiger partial charge in [0.05, 0.1) is 6.54 Å². The van der Waals surface area contributed by atoms with Crippen LogP contribution in [0.1, 0.15) is 32.6 Å². The Hall–Kier alpha value is -0.610. The molecular formula is C12H24N2O2. The van der Waals surface area contributed by atoms with Crippen molar-refractivity contribution in [2.45, 2.75) is 32.6 Å². The molecule has 1 fully saturated rings. The summed E-state index contributed by atoms with van der Waals surface area (Å²) in [4.78, 5) is 11.3. The van der Waals surface area contributed by atoms with Gasteiger partial charge >= 0.3 is 0 Å². The van der Waals surface area contributed by atoms with Crippen molar-refractivity contribution in [2.24, 2.45) is 5.41 Å². The number of methoxy groups -OCH3 is 1. The third-order valence-electron chi connectivity index (χ3n) is 3.15. The number of ether oxygens (including phenoxy) is 1. The Balaban J connectivity index is 2.04. The summed E-state index contributed by atoms with van der Waals surface area (Å²) in [6, 6.07) is 0. The van der Waals surface area contributed by atoms with Crippen LogP contribution >= 0.6 is 0 Å². The van der Waals surface area contributed by atoms with E-state index < -0.39 is 0 Å². The van der Waals surface area contributed by atoms with Crippen LogP contribution in [0.2, 0.25) is 0 Å². The highest BCUT2D eigenvalue weighted by molar-refractivity contribution is 5.77. The summed E-state index contributed by atoms with van der Waals surface area (Å²) in [5, 5.41) is 6.09. The van der Waals surface area contributed by atoms with Crippen LogP contribution in [0, 0.1) is 5.41 Å². The van der Waals surface area contributed by atoms with Crippen molar-refractivity contribution in [2.75, 3.05) is 33.4 Å². The molecule has 0 bridgehead atoms. The molecule has 1 rings (SSSR count). The zero-order chi connectivity index (χ0) is 11.9. The normalized spacial score (nSPS) is 17.1. The summed E-state index contributed by atoms with van der Waals surface area (Å²) in [6.45, 7) is 5.03. The van der Waals surface area contributed by atoms with Crippen LogP contribution in [0.4, 0.5) is 0 Å². The molecule has 0 aromatic heterocycles. The third kappa shape index (κ3) is 4.94. The van der Waals surface area contributed by atoms with E-state index in [1.165, 1.54) is 12.8 Å². The van der Waals surface area contributed by atoms with Crippen molar-refractivity contribution in [3.05, 3.63) is 0 Å². The molecular weight excluding hydrogens is 204 g/mol. The minimum Gasteiger partial charge on any atom is -0.385 e. The van der Waals surface area contributed by atoms with Crippen molar-refractivity contribution in [3.8, 4) is 0 Å². The topological polar surface area (TPSA) is 50.4 Å². The summed E-state index contributed by atoms with van der Waals surface area (Å²) in [6.07, 6.45) is 4.62. The molecule has 4 nitrogen and oxygen atoms in total. The summed E-state index contributed by atoms with van der Waals surface area (Å²) < 4.78 is 5.09. The van der Waals surface area contributed by atoms with Crippen molar-refractivity contribution < 1.29 is 9.53 Å². The van der Waals surface area contributed by atoms with Gasteiger partial charge in [0.1, 0.15) is 0 Å². The fourth-order valence-electron chi connectivity index (χ4n) is 1.78. The van der Waals surface area contributed by atoms with Crippen LogP contribution in [0.3, 0.4) is 0 Å². The number of rotatable bonds is 9. The van der Waals surface area contributed by atoms with Crippen molar-refractivity contribution >= 4 is 5.91 Å². The van der Waals surface area contributed by atoms with E-state index in [2.05, 4.69) is 17.6 Å². The average molecular weight is 228 g/mol. The fourth-order valence-corrected chi connectivity index (χ4v) is 1.78. The average Bonchev–Trinajstić information content (AvgIpc) is 3.04. The molecule has 0 unspecified atom stereocenters. The Bertz CT molecular complexity index is 215. The second kappa shape index (κ2) is 6.86. The summed E-state index contributed by atoms with van der Waals surface area (Å²) in [7, 11) is 1.74. The van der Waals surface area contributed by atoms with Crippen LogP contribution < -0.4 is 10.6 Å². The maximum absolute atomic E-state index is 11.3. The zero-order valence-electron chi connectivity index (χ0n) is 10.5. The lowest BCUT2D eigenvalue weighted by Crippen LogP contribution is -2.36. The summed E-state index contributed by atoms with van der Waals surface area (Å²) >= 11 is 0. The van der Waals surface area contributed by atoms with Gasteiger partial charge in [0, 0.05) is 26.8 Å². The molecule has 1 saturated carbocycles. The maximum Gasteiger partial charge on any atom is 0.233 e. The number of amides is 1. The van der Waals surface area contributed by atoms with Gasteiger partial charge in [-0.1, -0.05) is 6.92 Å². The Kier molecular flexibility index (Phi) is 5.77. The van der Waals surface area contributed by atoms with E-state index in [0.29, 0.717) is 12.0 Å². The fraction of sp³-hybridized carbons (Fsp3) is 0.917. The SMILES string of the molecule is CCCNC(=O)CNCC1(CCOC)CC1. The van der Waals surface area contributed by atoms with Gasteiger partial charge < -0.3 is 15.4 Å². The molecule has 0 saturated heterocycles. The number of hydrogen-bond acceptors (Lipinski definition) is 3. The van der Waals surface area contributed by atoms with Gasteiger partial charge in [-0.15, -0.1) is 0 Å². The molecule has 1 amide bonds. The number of carbonyl (C=O) groups excluding carboxylic acids is 1. The predicted molar refractivity (Wildman–Crippen MR) is 64.3 cm³/mol. The molecule has 0 spiro atoms. The Morgan fingerprint density at radius 2 is 2.19 bits per heavy atom. The molecule has 0 aromatic rings. The first kappa shape index (κ1) is 13.5. The minimum atomic E-state index is 0.101. The third-order valence-corrected chi connectivity index (χ3v) is 3.15. The van der Waals surface area contributed by atoms with E-state index in [0.717, 1.165) is 32.5 Å². The number of hydrogen-bond donors (Lipinski definition) is 2. The second-order valence-electron chi connectivity index (χ2n) is 4.70. The molecule has 0 radical (unpaired) electrons. The summed E-state index contributed by atoms with van der Waals surface area (Å²) in [5.41, 5.74) is 0.418. The highest BCUT2D eigenvalue weighted by Crippen LogP contribution is 2.48. The molecule has 1 aliphatic rings. The van der Waals surface area contributed by atoms with Gasteiger partial charge in [-0.05, 0) is 31.1 Å². The van der Waals surface area contributed by atoms with Crippen LogP contribution in [0.5, 0.6) is 0 Å². The lowest BCUT2D eigenvalue weighted by atomic mass is 10.0. The van der Waals surface area contributed by atoms with E-state index >= 15 is 0 Å². The zero-order valence-corrected chi connectivity index (χ0v) is 10.5. The van der Waals surface area contributed by atoms with E-state index in [1.54, 1.807) is 7.11 Å². The van der Waals surface area contributed by atoms with Crippen molar-refractivity contribution in [1.82, 2.24) is 10.6 Å². The highest BCUT2D eigenvalue weighted by atomic mass is 16.5. The monoisotopic (exact) mass is 228 g/mol. The number of nitrogens with one attached hydrogen (secondary N) is 2. The lowest BCUT2D eigenvalue weighted by molar-refractivity contribution is -0.120. The largest absolute Gasteiger partial charge is 0.385 e. The molecule has 1 aliphatic carbocycles. The molecule has 16 heavy (non-hydrogen) atoms. The first-order chi connectivity index (χ1) is 7.72. The van der Waals surface area contributed by atoms with Gasteiger partial charge in [0.25, 0.3) is 0 Å². The molecule has 2 N–H and O–H groups in total. The molecule has 0 aliphatic heterocycles. The van der Waals surface area contributed by atoms with Gasteiger partial charge in [-0.25, -0.2) is 0 Å². The van der Waals surface area contributed by atoms with Crippen LogP contribution in [-0.4, -0.2) is 39.3 Å². The van der Waals surface area contributed by atoms with E-state index in [9.17, 15) is 4.79 Å². The maximum atomic E-state index is 11.3. The van der Waals surface area contributed by atoms with E-state index in [4.69, 9.17) is 4.74 Å². The quantitative estimate of drug-likeness (QED) is 0.617. The second-order valence-corrected chi connectivity index (χ2v) is 4.70. The van der Waals surface area contributed by atoms with E-state index in [-0.39, 0.29) is 5.91 Å². The smallest absolute Gasteiger partial charge is 0.233 e. The highest BCUT2D eigenvalue weighted by Gasteiger charge is 2.41. The van der Waals surface area contributed by atoms with Crippen LogP contribution in [0.15, 0.2) is 0 Å². The lowest BCUT2D eigenvalue weighted by Gasteiger charge is -2.15. The molecule has 0 atom stereocenters. The Labute approximate surface area is 98.1 Å². The van der Waals surface area contributed by atoms with Gasteiger partial charge in [0.2, 0.25) is 5.91 Å². The van der Waals surface area contributed by atoms with Crippen LogP contribution in [-0.2, 0) is 9.53 Å². The van der Waals surface area contributed by atoms with Crippen LogP contribution in [0.25, 0.3) is 0 Å². The molecule has 0 heterocycles. The number of carbonyl (C=O) groups is 1. The predicted octanol–water partition coefficient (Wildman–Crippen LogP) is 0.919.